The smallest absolute Gasteiger partial charge is 0.423 e. The molecule has 0 radical (unpaired) electrons. The Morgan fingerprint density at radius 1 is 0.600 bits per heavy atom. The van der Waals surface area contributed by atoms with E-state index >= 15 is 0 Å². The molecule has 5 rings (SSSR count). The van der Waals surface area contributed by atoms with E-state index in [0.29, 0.717) is 5.46 Å². The van der Waals surface area contributed by atoms with E-state index in [9.17, 15) is 10.0 Å². The second kappa shape index (κ2) is 7.63. The van der Waals surface area contributed by atoms with Gasteiger partial charge in [-0.3, -0.25) is 4.57 Å². The van der Waals surface area contributed by atoms with Crippen LogP contribution in [-0.2, 0) is 0 Å². The minimum Gasteiger partial charge on any atom is -0.423 e. The van der Waals surface area contributed by atoms with Gasteiger partial charge in [-0.1, -0.05) is 78.9 Å². The number of nitrogens with zero attached hydrogens (tertiary/aromatic N) is 2. The van der Waals surface area contributed by atoms with Crippen LogP contribution in [0.5, 0.6) is 0 Å². The van der Waals surface area contributed by atoms with Crippen molar-refractivity contribution in [2.45, 2.75) is 0 Å². The van der Waals surface area contributed by atoms with E-state index in [-0.39, 0.29) is 0 Å². The van der Waals surface area contributed by atoms with Crippen LogP contribution < -0.4 is 5.46 Å². The van der Waals surface area contributed by atoms with Gasteiger partial charge >= 0.3 is 7.12 Å². The Labute approximate surface area is 174 Å². The van der Waals surface area contributed by atoms with E-state index in [0.717, 1.165) is 39.2 Å². The largest absolute Gasteiger partial charge is 0.488 e. The third-order valence-corrected chi connectivity index (χ3v) is 5.26. The molecule has 0 saturated heterocycles. The SMILES string of the molecule is OB(O)c1ccc(-c2ccc(-c3nc4ccccc4n3-c3ccccc3)cc2)cc1. The lowest BCUT2D eigenvalue weighted by molar-refractivity contribution is 0.426. The molecular formula is C25H19BN2O2. The Hall–Kier alpha value is -3.67. The molecule has 0 unspecified atom stereocenters. The summed E-state index contributed by atoms with van der Waals surface area (Å²) in [6.45, 7) is 0. The average molecular weight is 390 g/mol. The molecule has 0 aliphatic rings. The highest BCUT2D eigenvalue weighted by molar-refractivity contribution is 6.58. The van der Waals surface area contributed by atoms with Crippen molar-refractivity contribution in [3.8, 4) is 28.2 Å². The molecule has 0 saturated carbocycles. The van der Waals surface area contributed by atoms with Crippen molar-refractivity contribution in [3.63, 3.8) is 0 Å². The summed E-state index contributed by atoms with van der Waals surface area (Å²) in [6, 6.07) is 33.9. The van der Waals surface area contributed by atoms with Crippen molar-refractivity contribution >= 4 is 23.6 Å². The summed E-state index contributed by atoms with van der Waals surface area (Å²) in [6.07, 6.45) is 0. The molecule has 0 aliphatic carbocycles. The van der Waals surface area contributed by atoms with E-state index in [1.807, 2.05) is 48.5 Å². The first kappa shape index (κ1) is 18.4. The van der Waals surface area contributed by atoms with Crippen LogP contribution in [0.15, 0.2) is 103 Å². The fourth-order valence-corrected chi connectivity index (χ4v) is 3.72. The van der Waals surface area contributed by atoms with E-state index in [1.54, 1.807) is 12.1 Å². The number of hydrogen-bond donors (Lipinski definition) is 2. The quantitative estimate of drug-likeness (QED) is 0.456. The highest BCUT2D eigenvalue weighted by atomic mass is 16.4. The molecule has 30 heavy (non-hydrogen) atoms. The van der Waals surface area contributed by atoms with Gasteiger partial charge in [0.05, 0.1) is 11.0 Å². The van der Waals surface area contributed by atoms with Gasteiger partial charge in [0.15, 0.2) is 0 Å². The maximum absolute atomic E-state index is 9.27. The number of benzene rings is 4. The lowest BCUT2D eigenvalue weighted by Gasteiger charge is -2.10. The summed E-state index contributed by atoms with van der Waals surface area (Å²) in [5.41, 5.74) is 6.68. The summed E-state index contributed by atoms with van der Waals surface area (Å²) < 4.78 is 2.18. The zero-order chi connectivity index (χ0) is 20.5. The molecule has 5 heteroatoms. The Morgan fingerprint density at radius 2 is 1.17 bits per heavy atom. The molecule has 0 atom stereocenters. The zero-order valence-corrected chi connectivity index (χ0v) is 16.2. The molecule has 0 spiro atoms. The minimum atomic E-state index is -1.45. The van der Waals surface area contributed by atoms with E-state index in [4.69, 9.17) is 4.98 Å². The molecule has 1 aromatic heterocycles. The molecule has 1 heterocycles. The van der Waals surface area contributed by atoms with Crippen LogP contribution in [0.2, 0.25) is 0 Å². The number of imidazole rings is 1. The highest BCUT2D eigenvalue weighted by Crippen LogP contribution is 2.30. The first-order valence-corrected chi connectivity index (χ1v) is 9.80. The van der Waals surface area contributed by atoms with Crippen molar-refractivity contribution in [1.29, 1.82) is 0 Å². The monoisotopic (exact) mass is 390 g/mol. The van der Waals surface area contributed by atoms with Gasteiger partial charge in [-0.05, 0) is 40.9 Å². The molecule has 4 nitrogen and oxygen atoms in total. The summed E-state index contributed by atoms with van der Waals surface area (Å²) in [5.74, 6) is 0.896. The van der Waals surface area contributed by atoms with Crippen molar-refractivity contribution in [1.82, 2.24) is 9.55 Å². The first-order chi connectivity index (χ1) is 14.7. The van der Waals surface area contributed by atoms with Gasteiger partial charge in [-0.2, -0.15) is 0 Å². The number of hydrogen-bond acceptors (Lipinski definition) is 3. The summed E-state index contributed by atoms with van der Waals surface area (Å²) in [4.78, 5) is 4.90. The summed E-state index contributed by atoms with van der Waals surface area (Å²) in [5, 5.41) is 18.5. The molecule has 4 aromatic carbocycles. The second-order valence-electron chi connectivity index (χ2n) is 7.17. The number of aromatic nitrogens is 2. The molecular weight excluding hydrogens is 371 g/mol. The Morgan fingerprint density at radius 3 is 1.83 bits per heavy atom. The fourth-order valence-electron chi connectivity index (χ4n) is 3.72. The van der Waals surface area contributed by atoms with Crippen LogP contribution in [0.1, 0.15) is 0 Å². The normalized spacial score (nSPS) is 11.0. The van der Waals surface area contributed by atoms with Gasteiger partial charge in [0.2, 0.25) is 0 Å². The molecule has 144 valence electrons. The summed E-state index contributed by atoms with van der Waals surface area (Å²) in [7, 11) is -1.45. The Balaban J connectivity index is 1.58. The van der Waals surface area contributed by atoms with Crippen LogP contribution in [0, 0.1) is 0 Å². The van der Waals surface area contributed by atoms with Crippen molar-refractivity contribution in [3.05, 3.63) is 103 Å². The van der Waals surface area contributed by atoms with Crippen LogP contribution in [0.25, 0.3) is 39.2 Å². The topological polar surface area (TPSA) is 58.3 Å². The van der Waals surface area contributed by atoms with Crippen LogP contribution in [-0.4, -0.2) is 26.7 Å². The predicted molar refractivity (Wildman–Crippen MR) is 122 cm³/mol. The maximum Gasteiger partial charge on any atom is 0.488 e. The van der Waals surface area contributed by atoms with Gasteiger partial charge in [0, 0.05) is 11.3 Å². The molecule has 0 fully saturated rings. The van der Waals surface area contributed by atoms with Gasteiger partial charge in [-0.15, -0.1) is 0 Å². The molecule has 2 N–H and O–H groups in total. The number of rotatable bonds is 4. The maximum atomic E-state index is 9.27. The highest BCUT2D eigenvalue weighted by Gasteiger charge is 2.14. The molecule has 0 aliphatic heterocycles. The first-order valence-electron chi connectivity index (χ1n) is 9.80. The molecule has 5 aromatic rings. The molecule has 0 bridgehead atoms. The third kappa shape index (κ3) is 3.30. The van der Waals surface area contributed by atoms with Crippen LogP contribution >= 0.6 is 0 Å². The number of para-hydroxylation sites is 3. The summed E-state index contributed by atoms with van der Waals surface area (Å²) >= 11 is 0. The van der Waals surface area contributed by atoms with Crippen molar-refractivity contribution in [2.24, 2.45) is 0 Å². The van der Waals surface area contributed by atoms with Gasteiger partial charge in [0.1, 0.15) is 5.82 Å². The van der Waals surface area contributed by atoms with Gasteiger partial charge < -0.3 is 10.0 Å². The zero-order valence-electron chi connectivity index (χ0n) is 16.2. The van der Waals surface area contributed by atoms with Crippen LogP contribution in [0.4, 0.5) is 0 Å². The Bertz CT molecular complexity index is 1300. The average Bonchev–Trinajstić information content (AvgIpc) is 3.19. The van der Waals surface area contributed by atoms with E-state index in [1.165, 1.54) is 0 Å². The van der Waals surface area contributed by atoms with E-state index < -0.39 is 7.12 Å². The predicted octanol–water partition coefficient (Wildman–Crippen LogP) is 4.04. The number of fused-ring (bicyclic) bond motifs is 1. The van der Waals surface area contributed by atoms with Gasteiger partial charge in [0.25, 0.3) is 0 Å². The molecule has 0 amide bonds. The van der Waals surface area contributed by atoms with Crippen LogP contribution in [0.3, 0.4) is 0 Å². The van der Waals surface area contributed by atoms with Gasteiger partial charge in [-0.25, -0.2) is 4.98 Å². The van der Waals surface area contributed by atoms with E-state index in [2.05, 4.69) is 47.0 Å². The van der Waals surface area contributed by atoms with Crippen molar-refractivity contribution in [2.75, 3.05) is 0 Å². The standard InChI is InChI=1S/C25H19BN2O2/c29-26(30)21-16-14-19(15-17-21)18-10-12-20(13-11-18)25-27-23-8-4-5-9-24(23)28(25)22-6-2-1-3-7-22/h1-17,29-30H. The second-order valence-corrected chi connectivity index (χ2v) is 7.17. The lowest BCUT2D eigenvalue weighted by Crippen LogP contribution is -2.29. The minimum absolute atomic E-state index is 0.479. The Kier molecular flexibility index (Phi) is 4.67. The fraction of sp³-hybridized carbons (Fsp3) is 0. The van der Waals surface area contributed by atoms with Crippen molar-refractivity contribution < 1.29 is 10.0 Å². The third-order valence-electron chi connectivity index (χ3n) is 5.26. The lowest BCUT2D eigenvalue weighted by atomic mass is 9.80.